The predicted molar refractivity (Wildman–Crippen MR) is 66.4 cm³/mol. The zero-order valence-electron chi connectivity index (χ0n) is 9.27. The first-order chi connectivity index (χ1) is 8.20. The van der Waals surface area contributed by atoms with Crippen molar-refractivity contribution < 1.29 is 14.3 Å². The number of rotatable bonds is 1. The summed E-state index contributed by atoms with van der Waals surface area (Å²) in [4.78, 5) is 11.7. The number of hydrogen-bond donors (Lipinski definition) is 0. The minimum Gasteiger partial charge on any atom is -0.488 e. The van der Waals surface area contributed by atoms with E-state index in [0.29, 0.717) is 11.3 Å². The molecular weight excluding hydrogens is 284 g/mol. The van der Waals surface area contributed by atoms with E-state index in [-0.39, 0.29) is 18.0 Å². The van der Waals surface area contributed by atoms with Gasteiger partial charge in [0.2, 0.25) is 0 Å². The fraction of sp³-hybridized carbons (Fsp3) is 0.308. The summed E-state index contributed by atoms with van der Waals surface area (Å²) in [5.41, 5.74) is 1.57. The van der Waals surface area contributed by atoms with E-state index < -0.39 is 0 Å². The maximum absolute atomic E-state index is 11.7. The molecule has 3 rings (SSSR count). The summed E-state index contributed by atoms with van der Waals surface area (Å²) in [6.07, 6.45) is 5.31. The minimum atomic E-state index is -0.355. The van der Waals surface area contributed by atoms with Gasteiger partial charge >= 0.3 is 5.97 Å². The molecule has 0 amide bonds. The highest BCUT2D eigenvalue weighted by Crippen LogP contribution is 2.46. The van der Waals surface area contributed by atoms with Crippen molar-refractivity contribution in [3.63, 3.8) is 0 Å². The monoisotopic (exact) mass is 294 g/mol. The Hall–Kier alpha value is -1.29. The van der Waals surface area contributed by atoms with Gasteiger partial charge in [-0.25, -0.2) is 4.79 Å². The zero-order valence-corrected chi connectivity index (χ0v) is 10.9. The molecule has 1 aliphatic carbocycles. The molecule has 1 aliphatic heterocycles. The first-order valence-electron chi connectivity index (χ1n) is 5.46. The number of carbonyl (C=O) groups is 1. The molecule has 1 aromatic carbocycles. The lowest BCUT2D eigenvalue weighted by Gasteiger charge is -2.09. The van der Waals surface area contributed by atoms with Gasteiger partial charge in [-0.2, -0.15) is 0 Å². The molecule has 0 fully saturated rings. The minimum absolute atomic E-state index is 0.141. The summed E-state index contributed by atoms with van der Waals surface area (Å²) in [7, 11) is 1.38. The Morgan fingerprint density at radius 3 is 3.12 bits per heavy atom. The number of benzene rings is 1. The van der Waals surface area contributed by atoms with E-state index in [1.54, 1.807) is 6.07 Å². The van der Waals surface area contributed by atoms with Crippen LogP contribution in [-0.4, -0.2) is 19.2 Å². The largest absolute Gasteiger partial charge is 0.488 e. The molecule has 1 heterocycles. The average molecular weight is 295 g/mol. The molecule has 0 spiro atoms. The fourth-order valence-corrected chi connectivity index (χ4v) is 2.94. The lowest BCUT2D eigenvalue weighted by atomic mass is 9.97. The van der Waals surface area contributed by atoms with Crippen molar-refractivity contribution in [1.29, 1.82) is 0 Å². The zero-order chi connectivity index (χ0) is 12.0. The van der Waals surface area contributed by atoms with Gasteiger partial charge in [0, 0.05) is 22.4 Å². The Labute approximate surface area is 108 Å². The smallest absolute Gasteiger partial charge is 0.341 e. The van der Waals surface area contributed by atoms with Gasteiger partial charge in [0.05, 0.1) is 7.11 Å². The van der Waals surface area contributed by atoms with Gasteiger partial charge in [-0.15, -0.1) is 0 Å². The van der Waals surface area contributed by atoms with Crippen LogP contribution in [0.5, 0.6) is 5.75 Å². The lowest BCUT2D eigenvalue weighted by Crippen LogP contribution is -2.12. The summed E-state index contributed by atoms with van der Waals surface area (Å²) in [5, 5.41) is 0. The molecular formula is C13H11BrO3. The van der Waals surface area contributed by atoms with Gasteiger partial charge in [0.25, 0.3) is 0 Å². The van der Waals surface area contributed by atoms with Crippen LogP contribution in [0, 0.1) is 0 Å². The number of fused-ring (bicyclic) bond motifs is 3. The van der Waals surface area contributed by atoms with Crippen LogP contribution in [0.25, 0.3) is 0 Å². The molecule has 0 saturated heterocycles. The molecule has 0 saturated carbocycles. The second-order valence-corrected chi connectivity index (χ2v) is 5.12. The topological polar surface area (TPSA) is 35.5 Å². The van der Waals surface area contributed by atoms with E-state index in [0.717, 1.165) is 16.5 Å². The van der Waals surface area contributed by atoms with E-state index in [4.69, 9.17) is 9.47 Å². The van der Waals surface area contributed by atoms with E-state index >= 15 is 0 Å². The van der Waals surface area contributed by atoms with Crippen molar-refractivity contribution in [3.05, 3.63) is 39.9 Å². The van der Waals surface area contributed by atoms with E-state index in [2.05, 4.69) is 28.1 Å². The Morgan fingerprint density at radius 2 is 2.35 bits per heavy atom. The van der Waals surface area contributed by atoms with Crippen LogP contribution in [0.1, 0.15) is 28.3 Å². The van der Waals surface area contributed by atoms with Crippen LogP contribution in [0.3, 0.4) is 0 Å². The van der Waals surface area contributed by atoms with Gasteiger partial charge < -0.3 is 9.47 Å². The Bertz CT molecular complexity index is 522. The van der Waals surface area contributed by atoms with E-state index in [1.807, 2.05) is 6.07 Å². The van der Waals surface area contributed by atoms with E-state index in [1.165, 1.54) is 7.11 Å². The summed E-state index contributed by atoms with van der Waals surface area (Å²) >= 11 is 3.42. The molecule has 0 radical (unpaired) electrons. The first-order valence-corrected chi connectivity index (χ1v) is 6.25. The van der Waals surface area contributed by atoms with Gasteiger partial charge in [0.1, 0.15) is 17.4 Å². The number of halogens is 1. The van der Waals surface area contributed by atoms with Crippen molar-refractivity contribution in [1.82, 2.24) is 0 Å². The third-order valence-corrected chi connectivity index (χ3v) is 3.69. The molecule has 17 heavy (non-hydrogen) atoms. The van der Waals surface area contributed by atoms with E-state index in [9.17, 15) is 4.79 Å². The second-order valence-electron chi connectivity index (χ2n) is 4.21. The highest BCUT2D eigenvalue weighted by molar-refractivity contribution is 9.10. The molecule has 3 nitrogen and oxygen atoms in total. The maximum atomic E-state index is 11.7. The quantitative estimate of drug-likeness (QED) is 0.590. The van der Waals surface area contributed by atoms with Crippen molar-refractivity contribution in [3.8, 4) is 5.75 Å². The third kappa shape index (κ3) is 1.59. The molecule has 88 valence electrons. The maximum Gasteiger partial charge on any atom is 0.341 e. The van der Waals surface area contributed by atoms with Gasteiger partial charge in [-0.05, 0) is 12.1 Å². The summed E-state index contributed by atoms with van der Waals surface area (Å²) in [6.45, 7) is 0. The molecule has 2 aliphatic rings. The summed E-state index contributed by atoms with van der Waals surface area (Å²) < 4.78 is 11.5. The number of methoxy groups -OCH3 is 1. The summed E-state index contributed by atoms with van der Waals surface area (Å²) in [5.74, 6) is 0.594. The predicted octanol–water partition coefficient (Wildman–Crippen LogP) is 3.04. The van der Waals surface area contributed by atoms with Crippen LogP contribution in [0.4, 0.5) is 0 Å². The average Bonchev–Trinajstić information content (AvgIpc) is 2.88. The number of hydrogen-bond acceptors (Lipinski definition) is 3. The molecule has 0 unspecified atom stereocenters. The molecule has 4 heteroatoms. The molecule has 0 bridgehead atoms. The normalized spacial score (nSPS) is 24.1. The van der Waals surface area contributed by atoms with Gasteiger partial charge in [0.15, 0.2) is 0 Å². The van der Waals surface area contributed by atoms with Crippen molar-refractivity contribution in [2.45, 2.75) is 18.4 Å². The second kappa shape index (κ2) is 3.88. The standard InChI is InChI=1S/C13H11BrO3/c1-16-13(15)10-6-7(14)5-9-8-3-2-4-11(8)17-12(9)10/h2-3,5-6,8,11H,4H2,1H3/t8-,11-/m0/s1. The highest BCUT2D eigenvalue weighted by atomic mass is 79.9. The first kappa shape index (κ1) is 10.8. The van der Waals surface area contributed by atoms with Crippen molar-refractivity contribution >= 4 is 21.9 Å². The lowest BCUT2D eigenvalue weighted by molar-refractivity contribution is 0.0595. The molecule has 0 aromatic heterocycles. The Kier molecular flexibility index (Phi) is 2.47. The number of esters is 1. The SMILES string of the molecule is COC(=O)c1cc(Br)cc2c1O[C@H]1CC=C[C@@H]21. The Balaban J connectivity index is 2.15. The van der Waals surface area contributed by atoms with Crippen molar-refractivity contribution in [2.24, 2.45) is 0 Å². The number of ether oxygens (including phenoxy) is 2. The van der Waals surface area contributed by atoms with Crippen LogP contribution in [-0.2, 0) is 4.74 Å². The summed E-state index contributed by atoms with van der Waals surface area (Å²) in [6, 6.07) is 3.76. The molecule has 0 N–H and O–H groups in total. The fourth-order valence-electron chi connectivity index (χ4n) is 2.46. The van der Waals surface area contributed by atoms with Crippen LogP contribution in [0.2, 0.25) is 0 Å². The van der Waals surface area contributed by atoms with Crippen molar-refractivity contribution in [2.75, 3.05) is 7.11 Å². The Morgan fingerprint density at radius 1 is 1.53 bits per heavy atom. The van der Waals surface area contributed by atoms with Crippen LogP contribution in [0.15, 0.2) is 28.8 Å². The van der Waals surface area contributed by atoms with Gasteiger partial charge in [-0.1, -0.05) is 28.1 Å². The highest BCUT2D eigenvalue weighted by Gasteiger charge is 2.37. The molecule has 2 atom stereocenters. The van der Waals surface area contributed by atoms with Crippen LogP contribution < -0.4 is 4.74 Å². The third-order valence-electron chi connectivity index (χ3n) is 3.23. The number of carbonyl (C=O) groups excluding carboxylic acids is 1. The van der Waals surface area contributed by atoms with Gasteiger partial charge in [-0.3, -0.25) is 0 Å². The molecule has 1 aromatic rings. The van der Waals surface area contributed by atoms with Crippen LogP contribution >= 0.6 is 15.9 Å².